The molecule has 4 aromatic rings. The molecule has 1 aliphatic rings. The third kappa shape index (κ3) is 3.46. The van der Waals surface area contributed by atoms with Crippen LogP contribution in [0.4, 0.5) is 0 Å². The summed E-state index contributed by atoms with van der Waals surface area (Å²) in [5, 5.41) is 4.86. The van der Waals surface area contributed by atoms with Crippen LogP contribution in [-0.4, -0.2) is 12.3 Å². The van der Waals surface area contributed by atoms with Gasteiger partial charge in [-0.05, 0) is 23.3 Å². The molecule has 1 aromatic heterocycles. The minimum atomic E-state index is -0.142. The molecular weight excluding hydrogens is 376 g/mol. The van der Waals surface area contributed by atoms with Gasteiger partial charge in [0.1, 0.15) is 29.0 Å². The van der Waals surface area contributed by atoms with Gasteiger partial charge in [0.25, 0.3) is 0 Å². The van der Waals surface area contributed by atoms with Gasteiger partial charge in [-0.15, -0.1) is 0 Å². The zero-order chi connectivity index (χ0) is 20.3. The lowest BCUT2D eigenvalue weighted by Gasteiger charge is -2.13. The summed E-state index contributed by atoms with van der Waals surface area (Å²) in [5.41, 5.74) is 6.28. The van der Waals surface area contributed by atoms with Crippen LogP contribution in [0.3, 0.4) is 0 Å². The Bertz CT molecular complexity index is 1260. The Morgan fingerprint density at radius 1 is 0.967 bits per heavy atom. The van der Waals surface area contributed by atoms with Crippen molar-refractivity contribution in [1.82, 2.24) is 5.43 Å². The SMILES string of the molecule is O=c1cc(C2=NNCC2c2ccccc2)oc2cccc(OCc3ccccc3)c12. The highest BCUT2D eigenvalue weighted by Crippen LogP contribution is 2.28. The first-order chi connectivity index (χ1) is 14.8. The number of nitrogens with zero attached hydrogens (tertiary/aromatic N) is 1. The van der Waals surface area contributed by atoms with E-state index in [4.69, 9.17) is 9.15 Å². The van der Waals surface area contributed by atoms with E-state index in [-0.39, 0.29) is 11.3 Å². The van der Waals surface area contributed by atoms with Gasteiger partial charge in [0.05, 0.1) is 5.92 Å². The number of benzene rings is 3. The van der Waals surface area contributed by atoms with Crippen molar-refractivity contribution in [2.75, 3.05) is 6.54 Å². The molecule has 0 saturated heterocycles. The zero-order valence-corrected chi connectivity index (χ0v) is 16.2. The van der Waals surface area contributed by atoms with Crippen LogP contribution in [0.25, 0.3) is 11.0 Å². The number of hydrogen-bond donors (Lipinski definition) is 1. The van der Waals surface area contributed by atoms with E-state index in [2.05, 4.69) is 22.7 Å². The molecule has 0 amide bonds. The number of hydrogen-bond acceptors (Lipinski definition) is 5. The average molecular weight is 396 g/mol. The summed E-state index contributed by atoms with van der Waals surface area (Å²) >= 11 is 0. The first-order valence-corrected chi connectivity index (χ1v) is 9.89. The number of nitrogens with one attached hydrogen (secondary N) is 1. The van der Waals surface area contributed by atoms with Gasteiger partial charge >= 0.3 is 0 Å². The molecule has 1 unspecified atom stereocenters. The largest absolute Gasteiger partial charge is 0.488 e. The second-order valence-corrected chi connectivity index (χ2v) is 7.20. The maximum absolute atomic E-state index is 13.0. The Kier molecular flexibility index (Phi) is 4.77. The van der Waals surface area contributed by atoms with Crippen LogP contribution in [0.1, 0.15) is 22.8 Å². The molecule has 2 heterocycles. The van der Waals surface area contributed by atoms with Gasteiger partial charge < -0.3 is 14.6 Å². The molecule has 1 atom stereocenters. The standard InChI is InChI=1S/C25H20N2O3/c28-20-14-23(25-19(15-26-27-25)18-10-5-2-6-11-18)30-22-13-7-12-21(24(20)22)29-16-17-8-3-1-4-9-17/h1-14,19,26H,15-16H2. The van der Waals surface area contributed by atoms with E-state index in [1.165, 1.54) is 6.07 Å². The second-order valence-electron chi connectivity index (χ2n) is 7.20. The summed E-state index contributed by atoms with van der Waals surface area (Å²) in [6, 6.07) is 26.9. The van der Waals surface area contributed by atoms with Gasteiger partial charge in [-0.25, -0.2) is 0 Å². The van der Waals surface area contributed by atoms with Crippen LogP contribution in [0.2, 0.25) is 0 Å². The quantitative estimate of drug-likeness (QED) is 0.541. The fourth-order valence-electron chi connectivity index (χ4n) is 3.74. The molecule has 0 spiro atoms. The molecule has 3 aromatic carbocycles. The molecule has 5 rings (SSSR count). The molecule has 0 fully saturated rings. The molecule has 30 heavy (non-hydrogen) atoms. The molecule has 148 valence electrons. The highest BCUT2D eigenvalue weighted by atomic mass is 16.5. The van der Waals surface area contributed by atoms with E-state index < -0.39 is 0 Å². The summed E-state index contributed by atoms with van der Waals surface area (Å²) in [5.74, 6) is 1.03. The van der Waals surface area contributed by atoms with E-state index in [0.29, 0.717) is 35.6 Å². The van der Waals surface area contributed by atoms with Crippen molar-refractivity contribution < 1.29 is 9.15 Å². The maximum atomic E-state index is 13.0. The monoisotopic (exact) mass is 396 g/mol. The van der Waals surface area contributed by atoms with Crippen molar-refractivity contribution in [3.05, 3.63) is 112 Å². The fourth-order valence-corrected chi connectivity index (χ4v) is 3.74. The minimum absolute atomic E-state index is 0.0318. The van der Waals surface area contributed by atoms with E-state index in [1.807, 2.05) is 54.6 Å². The first-order valence-electron chi connectivity index (χ1n) is 9.89. The summed E-state index contributed by atoms with van der Waals surface area (Å²) in [4.78, 5) is 13.0. The lowest BCUT2D eigenvalue weighted by atomic mass is 9.93. The number of fused-ring (bicyclic) bond motifs is 1. The summed E-state index contributed by atoms with van der Waals surface area (Å²) in [6.07, 6.45) is 0. The smallest absolute Gasteiger partial charge is 0.197 e. The molecular formula is C25H20N2O3. The van der Waals surface area contributed by atoms with Crippen molar-refractivity contribution >= 4 is 16.7 Å². The fraction of sp³-hybridized carbons (Fsp3) is 0.120. The van der Waals surface area contributed by atoms with Crippen LogP contribution in [-0.2, 0) is 6.61 Å². The van der Waals surface area contributed by atoms with Crippen molar-refractivity contribution in [2.45, 2.75) is 12.5 Å². The van der Waals surface area contributed by atoms with Crippen LogP contribution < -0.4 is 15.6 Å². The third-order valence-electron chi connectivity index (χ3n) is 5.23. The summed E-state index contributed by atoms with van der Waals surface area (Å²) < 4.78 is 12.1. The number of hydrazone groups is 1. The van der Waals surface area contributed by atoms with E-state index in [0.717, 1.165) is 16.8 Å². The van der Waals surface area contributed by atoms with Crippen molar-refractivity contribution in [1.29, 1.82) is 0 Å². The second kappa shape index (κ2) is 7.87. The van der Waals surface area contributed by atoms with Crippen molar-refractivity contribution in [2.24, 2.45) is 5.10 Å². The van der Waals surface area contributed by atoms with Crippen molar-refractivity contribution in [3.8, 4) is 5.75 Å². The van der Waals surface area contributed by atoms with Crippen LogP contribution in [0, 0.1) is 0 Å². The molecule has 5 heteroatoms. The Labute approximate surface area is 173 Å². The topological polar surface area (TPSA) is 63.8 Å². The van der Waals surface area contributed by atoms with Crippen molar-refractivity contribution in [3.63, 3.8) is 0 Å². The van der Waals surface area contributed by atoms with Crippen LogP contribution >= 0.6 is 0 Å². The Hall–Kier alpha value is -3.86. The lowest BCUT2D eigenvalue weighted by Crippen LogP contribution is -2.16. The van der Waals surface area contributed by atoms with Gasteiger partial charge in [-0.3, -0.25) is 4.79 Å². The average Bonchev–Trinajstić information content (AvgIpc) is 3.29. The first kappa shape index (κ1) is 18.2. The molecule has 0 saturated carbocycles. The zero-order valence-electron chi connectivity index (χ0n) is 16.2. The normalized spacial score (nSPS) is 15.6. The number of rotatable bonds is 5. The summed E-state index contributed by atoms with van der Waals surface area (Å²) in [6.45, 7) is 1.05. The molecule has 1 aliphatic heterocycles. The van der Waals surface area contributed by atoms with Gasteiger partial charge in [0, 0.05) is 12.6 Å². The van der Waals surface area contributed by atoms with Crippen LogP contribution in [0.15, 0.2) is 99.2 Å². The maximum Gasteiger partial charge on any atom is 0.197 e. The Balaban J connectivity index is 1.50. The molecule has 0 bridgehead atoms. The van der Waals surface area contributed by atoms with E-state index in [1.54, 1.807) is 12.1 Å². The lowest BCUT2D eigenvalue weighted by molar-refractivity contribution is 0.309. The Morgan fingerprint density at radius 2 is 1.73 bits per heavy atom. The van der Waals surface area contributed by atoms with Gasteiger partial charge in [-0.2, -0.15) is 5.10 Å². The minimum Gasteiger partial charge on any atom is -0.488 e. The highest BCUT2D eigenvalue weighted by molar-refractivity contribution is 6.05. The van der Waals surface area contributed by atoms with E-state index in [9.17, 15) is 4.79 Å². The Morgan fingerprint density at radius 3 is 2.53 bits per heavy atom. The third-order valence-corrected chi connectivity index (χ3v) is 5.23. The molecule has 0 aliphatic carbocycles. The van der Waals surface area contributed by atoms with Gasteiger partial charge in [0.2, 0.25) is 0 Å². The van der Waals surface area contributed by atoms with Crippen LogP contribution in [0.5, 0.6) is 5.75 Å². The molecule has 1 N–H and O–H groups in total. The molecule has 0 radical (unpaired) electrons. The van der Waals surface area contributed by atoms with E-state index >= 15 is 0 Å². The molecule has 5 nitrogen and oxygen atoms in total. The predicted molar refractivity (Wildman–Crippen MR) is 117 cm³/mol. The highest BCUT2D eigenvalue weighted by Gasteiger charge is 2.27. The predicted octanol–water partition coefficient (Wildman–Crippen LogP) is 4.46. The number of ether oxygens (including phenoxy) is 1. The summed E-state index contributed by atoms with van der Waals surface area (Å²) in [7, 11) is 0. The van der Waals surface area contributed by atoms with Gasteiger partial charge in [0.15, 0.2) is 11.2 Å². The van der Waals surface area contributed by atoms with Gasteiger partial charge in [-0.1, -0.05) is 66.7 Å².